The van der Waals surface area contributed by atoms with Crippen molar-refractivity contribution in [2.75, 3.05) is 29.5 Å². The van der Waals surface area contributed by atoms with Crippen molar-refractivity contribution in [3.05, 3.63) is 89.0 Å². The third-order valence-corrected chi connectivity index (χ3v) is 6.70. The van der Waals surface area contributed by atoms with Gasteiger partial charge in [0.25, 0.3) is 5.91 Å². The first-order valence-corrected chi connectivity index (χ1v) is 11.3. The van der Waals surface area contributed by atoms with E-state index in [1.165, 1.54) is 17.2 Å². The van der Waals surface area contributed by atoms with Crippen molar-refractivity contribution in [3.63, 3.8) is 0 Å². The Balaban J connectivity index is 1.26. The minimum atomic E-state index is -0.168. The van der Waals surface area contributed by atoms with Gasteiger partial charge in [0.1, 0.15) is 0 Å². The number of carbonyl (C=O) groups is 2. The van der Waals surface area contributed by atoms with E-state index in [1.54, 1.807) is 12.1 Å². The molecule has 1 fully saturated rings. The number of anilines is 1. The summed E-state index contributed by atoms with van der Waals surface area (Å²) in [6, 6.07) is 21.4. The molecule has 5 rings (SSSR count). The molecule has 0 radical (unpaired) electrons. The molecule has 5 heteroatoms. The highest BCUT2D eigenvalue weighted by Crippen LogP contribution is 2.36. The summed E-state index contributed by atoms with van der Waals surface area (Å²) in [5.41, 5.74) is 5.96. The monoisotopic (exact) mass is 414 g/mol. The Morgan fingerprint density at radius 3 is 2.33 bits per heavy atom. The van der Waals surface area contributed by atoms with Crippen molar-refractivity contribution >= 4 is 29.1 Å². The summed E-state index contributed by atoms with van der Waals surface area (Å²) in [5.74, 6) is 2.17. The first-order chi connectivity index (χ1) is 14.7. The molecule has 150 valence electrons. The van der Waals surface area contributed by atoms with E-state index >= 15 is 0 Å². The summed E-state index contributed by atoms with van der Waals surface area (Å²) in [6.07, 6.45) is 0. The Morgan fingerprint density at radius 1 is 0.867 bits per heavy atom. The van der Waals surface area contributed by atoms with E-state index < -0.39 is 0 Å². The van der Waals surface area contributed by atoms with Crippen molar-refractivity contribution in [1.82, 2.24) is 5.32 Å². The summed E-state index contributed by atoms with van der Waals surface area (Å²) >= 11 is 2.00. The van der Waals surface area contributed by atoms with Gasteiger partial charge in [-0.05, 0) is 41.0 Å². The molecule has 3 aromatic carbocycles. The Labute approximate surface area is 180 Å². The van der Waals surface area contributed by atoms with Crippen LogP contribution in [-0.2, 0) is 6.54 Å². The van der Waals surface area contributed by atoms with E-state index in [9.17, 15) is 9.59 Å². The van der Waals surface area contributed by atoms with Crippen LogP contribution in [-0.4, -0.2) is 36.3 Å². The molecule has 1 aliphatic carbocycles. The number of thioether (sulfide) groups is 1. The summed E-state index contributed by atoms with van der Waals surface area (Å²) in [5, 5.41) is 2.97. The SMILES string of the molecule is O=C(NCc1ccc(N2CCSCC2)cc1)c1ccc2c(c1)C(=O)c1ccccc1-2. The fourth-order valence-corrected chi connectivity index (χ4v) is 5.00. The zero-order chi connectivity index (χ0) is 20.5. The van der Waals surface area contributed by atoms with Gasteiger partial charge >= 0.3 is 0 Å². The Morgan fingerprint density at radius 2 is 1.57 bits per heavy atom. The summed E-state index contributed by atoms with van der Waals surface area (Å²) < 4.78 is 0. The van der Waals surface area contributed by atoms with Crippen LogP contribution in [0.25, 0.3) is 11.1 Å². The van der Waals surface area contributed by atoms with Crippen molar-refractivity contribution in [1.29, 1.82) is 0 Å². The molecule has 1 amide bonds. The lowest BCUT2D eigenvalue weighted by Crippen LogP contribution is -2.32. The first-order valence-electron chi connectivity index (χ1n) is 10.2. The van der Waals surface area contributed by atoms with Crippen LogP contribution in [0, 0.1) is 0 Å². The zero-order valence-corrected chi connectivity index (χ0v) is 17.4. The van der Waals surface area contributed by atoms with Crippen LogP contribution in [0.15, 0.2) is 66.7 Å². The van der Waals surface area contributed by atoms with Crippen LogP contribution in [0.4, 0.5) is 5.69 Å². The second kappa shape index (κ2) is 8.00. The molecule has 0 atom stereocenters. The number of benzene rings is 3. The van der Waals surface area contributed by atoms with E-state index in [0.717, 1.165) is 29.8 Å². The molecule has 0 unspecified atom stereocenters. The fraction of sp³-hybridized carbons (Fsp3) is 0.200. The van der Waals surface area contributed by atoms with Gasteiger partial charge < -0.3 is 10.2 Å². The third kappa shape index (κ3) is 3.50. The van der Waals surface area contributed by atoms with Crippen molar-refractivity contribution in [2.24, 2.45) is 0 Å². The molecule has 1 saturated heterocycles. The second-order valence-corrected chi connectivity index (χ2v) is 8.81. The highest BCUT2D eigenvalue weighted by molar-refractivity contribution is 7.99. The van der Waals surface area contributed by atoms with Gasteiger partial charge in [-0.15, -0.1) is 0 Å². The number of nitrogens with zero attached hydrogens (tertiary/aromatic N) is 1. The number of rotatable bonds is 4. The van der Waals surface area contributed by atoms with Crippen LogP contribution in [0.1, 0.15) is 31.8 Å². The number of amides is 1. The average Bonchev–Trinajstić information content (AvgIpc) is 3.10. The highest BCUT2D eigenvalue weighted by Gasteiger charge is 2.27. The molecule has 0 bridgehead atoms. The molecule has 0 saturated carbocycles. The maximum Gasteiger partial charge on any atom is 0.251 e. The van der Waals surface area contributed by atoms with Gasteiger partial charge in [-0.3, -0.25) is 9.59 Å². The van der Waals surface area contributed by atoms with Gasteiger partial charge in [-0.2, -0.15) is 11.8 Å². The number of nitrogens with one attached hydrogen (secondary N) is 1. The molecule has 1 aliphatic heterocycles. The quantitative estimate of drug-likeness (QED) is 0.538. The maximum atomic E-state index is 12.7. The molecular weight excluding hydrogens is 392 g/mol. The van der Waals surface area contributed by atoms with E-state index in [-0.39, 0.29) is 11.7 Å². The third-order valence-electron chi connectivity index (χ3n) is 5.75. The van der Waals surface area contributed by atoms with Crippen LogP contribution in [0.5, 0.6) is 0 Å². The van der Waals surface area contributed by atoms with E-state index in [1.807, 2.05) is 42.1 Å². The number of ketones is 1. The zero-order valence-electron chi connectivity index (χ0n) is 16.6. The molecular formula is C25H22N2O2S. The van der Waals surface area contributed by atoms with E-state index in [2.05, 4.69) is 34.5 Å². The van der Waals surface area contributed by atoms with Crippen molar-refractivity contribution < 1.29 is 9.59 Å². The Kier molecular flexibility index (Phi) is 5.05. The van der Waals surface area contributed by atoms with Crippen LogP contribution in [0.2, 0.25) is 0 Å². The molecule has 2 aliphatic rings. The molecule has 1 heterocycles. The van der Waals surface area contributed by atoms with E-state index in [4.69, 9.17) is 0 Å². The number of hydrogen-bond donors (Lipinski definition) is 1. The number of carbonyl (C=O) groups excluding carboxylic acids is 2. The second-order valence-electron chi connectivity index (χ2n) is 7.58. The highest BCUT2D eigenvalue weighted by atomic mass is 32.2. The van der Waals surface area contributed by atoms with Crippen molar-refractivity contribution in [2.45, 2.75) is 6.54 Å². The molecule has 30 heavy (non-hydrogen) atoms. The minimum absolute atomic E-state index is 0.0121. The Hall–Kier alpha value is -3.05. The lowest BCUT2D eigenvalue weighted by atomic mass is 10.0. The lowest BCUT2D eigenvalue weighted by molar-refractivity contribution is 0.0951. The molecule has 0 aromatic heterocycles. The normalized spacial score (nSPS) is 14.9. The summed E-state index contributed by atoms with van der Waals surface area (Å²) in [7, 11) is 0. The number of fused-ring (bicyclic) bond motifs is 3. The van der Waals surface area contributed by atoms with Crippen LogP contribution < -0.4 is 10.2 Å². The van der Waals surface area contributed by atoms with Gasteiger partial charge in [0.15, 0.2) is 5.78 Å². The molecule has 1 N–H and O–H groups in total. The first kappa shape index (κ1) is 18.9. The molecule has 3 aromatic rings. The van der Waals surface area contributed by atoms with Crippen LogP contribution in [0.3, 0.4) is 0 Å². The predicted octanol–water partition coefficient (Wildman–Crippen LogP) is 4.38. The smallest absolute Gasteiger partial charge is 0.251 e. The average molecular weight is 415 g/mol. The fourth-order valence-electron chi connectivity index (χ4n) is 4.10. The standard InChI is InChI=1S/C25H22N2O2S/c28-24-22-4-2-1-3-20(22)21-10-7-18(15-23(21)24)25(29)26-16-17-5-8-19(9-6-17)27-11-13-30-14-12-27/h1-10,15H,11-14,16H2,(H,26,29). The van der Waals surface area contributed by atoms with E-state index in [0.29, 0.717) is 23.2 Å². The number of hydrogen-bond acceptors (Lipinski definition) is 4. The minimum Gasteiger partial charge on any atom is -0.370 e. The summed E-state index contributed by atoms with van der Waals surface area (Å²) in [6.45, 7) is 2.63. The molecule has 0 spiro atoms. The van der Waals surface area contributed by atoms with Gasteiger partial charge in [0.2, 0.25) is 0 Å². The van der Waals surface area contributed by atoms with Gasteiger partial charge in [0.05, 0.1) is 0 Å². The summed E-state index contributed by atoms with van der Waals surface area (Å²) in [4.78, 5) is 27.7. The maximum absolute atomic E-state index is 12.7. The lowest BCUT2D eigenvalue weighted by Gasteiger charge is -2.28. The predicted molar refractivity (Wildman–Crippen MR) is 122 cm³/mol. The van der Waals surface area contributed by atoms with Crippen LogP contribution >= 0.6 is 11.8 Å². The van der Waals surface area contributed by atoms with Gasteiger partial charge in [-0.1, -0.05) is 42.5 Å². The Bertz CT molecular complexity index is 1120. The topological polar surface area (TPSA) is 49.4 Å². The molecule has 4 nitrogen and oxygen atoms in total. The van der Waals surface area contributed by atoms with Crippen molar-refractivity contribution in [3.8, 4) is 11.1 Å². The van der Waals surface area contributed by atoms with Gasteiger partial charge in [-0.25, -0.2) is 0 Å². The largest absolute Gasteiger partial charge is 0.370 e. The van der Waals surface area contributed by atoms with Gasteiger partial charge in [0, 0.05) is 53.5 Å².